The minimum absolute atomic E-state index is 0.619. The van der Waals surface area contributed by atoms with Gasteiger partial charge in [-0.2, -0.15) is 0 Å². The van der Waals surface area contributed by atoms with E-state index >= 15 is 0 Å². The molecule has 690 valence electrons. The molecule has 0 radical (unpaired) electrons. The molecule has 5 aromatic heterocycles. The van der Waals surface area contributed by atoms with E-state index in [9.17, 15) is 0 Å². The Balaban J connectivity index is 0.000000115. The van der Waals surface area contributed by atoms with Gasteiger partial charge < -0.3 is 0 Å². The molecule has 3 aliphatic rings. The number of aromatic nitrogens is 11. The van der Waals surface area contributed by atoms with Crippen LogP contribution in [0.25, 0.3) is 236 Å². The molecule has 27 rings (SSSR count). The fourth-order valence-electron chi connectivity index (χ4n) is 20.8. The molecule has 0 bridgehead atoms. The summed E-state index contributed by atoms with van der Waals surface area (Å²) in [5, 5.41) is 0. The third-order valence-corrected chi connectivity index (χ3v) is 27.9. The molecule has 11 nitrogen and oxygen atoms in total. The number of fused-ring (bicyclic) bond motifs is 9. The van der Waals surface area contributed by atoms with Gasteiger partial charge in [0.25, 0.3) is 0 Å². The molecule has 0 unspecified atom stereocenters. The topological polar surface area (TPSA) is 142 Å². The molecule has 0 N–H and O–H groups in total. The maximum atomic E-state index is 5.09. The zero-order chi connectivity index (χ0) is 97.7. The highest BCUT2D eigenvalue weighted by molar-refractivity contribution is 5.95. The van der Waals surface area contributed by atoms with E-state index in [1.807, 2.05) is 219 Å². The minimum atomic E-state index is 0.619. The van der Waals surface area contributed by atoms with E-state index in [1.54, 1.807) is 0 Å². The zero-order valence-electron chi connectivity index (χ0n) is 80.1. The predicted octanol–water partition coefficient (Wildman–Crippen LogP) is 33.1. The van der Waals surface area contributed by atoms with Crippen LogP contribution in [0.15, 0.2) is 516 Å². The molecular formula is C136H91N11. The first kappa shape index (κ1) is 88.9. The van der Waals surface area contributed by atoms with Crippen molar-refractivity contribution in [3.63, 3.8) is 0 Å². The van der Waals surface area contributed by atoms with Gasteiger partial charge in [-0.05, 0) is 242 Å². The van der Waals surface area contributed by atoms with Crippen molar-refractivity contribution in [3.8, 4) is 236 Å². The first-order valence-corrected chi connectivity index (χ1v) is 49.7. The number of benzene rings is 19. The van der Waals surface area contributed by atoms with Crippen LogP contribution in [0.3, 0.4) is 0 Å². The molecule has 24 aromatic rings. The third kappa shape index (κ3) is 18.3. The summed E-state index contributed by atoms with van der Waals surface area (Å²) in [7, 11) is 0. The maximum absolute atomic E-state index is 5.09. The van der Waals surface area contributed by atoms with Crippen molar-refractivity contribution in [3.05, 3.63) is 549 Å². The second-order valence-electron chi connectivity index (χ2n) is 37.0. The first-order chi connectivity index (χ1) is 72.8. The van der Waals surface area contributed by atoms with Crippen LogP contribution in [0.4, 0.5) is 0 Å². The summed E-state index contributed by atoms with van der Waals surface area (Å²) in [6.07, 6.45) is 8.30. The molecule has 0 saturated carbocycles. The van der Waals surface area contributed by atoms with Gasteiger partial charge in [0.05, 0.1) is 5.69 Å². The summed E-state index contributed by atoms with van der Waals surface area (Å²) in [5.74, 6) is 5.77. The predicted molar refractivity (Wildman–Crippen MR) is 598 cm³/mol. The van der Waals surface area contributed by atoms with Crippen LogP contribution in [0, 0.1) is 0 Å². The quantitative estimate of drug-likeness (QED) is 0.0810. The van der Waals surface area contributed by atoms with Crippen LogP contribution in [-0.2, 0) is 19.3 Å². The molecule has 19 aromatic carbocycles. The molecular weight excluding hydrogens is 1790 g/mol. The number of rotatable bonds is 18. The van der Waals surface area contributed by atoms with E-state index in [1.165, 1.54) is 106 Å². The van der Waals surface area contributed by atoms with Gasteiger partial charge in [0.1, 0.15) is 0 Å². The summed E-state index contributed by atoms with van der Waals surface area (Å²) >= 11 is 0. The van der Waals surface area contributed by atoms with Gasteiger partial charge in [0.2, 0.25) is 0 Å². The lowest BCUT2D eigenvalue weighted by Crippen LogP contribution is -2.01. The number of pyridine rings is 2. The van der Waals surface area contributed by atoms with Gasteiger partial charge in [-0.15, -0.1) is 0 Å². The highest BCUT2D eigenvalue weighted by Gasteiger charge is 2.30. The monoisotopic (exact) mass is 1880 g/mol. The van der Waals surface area contributed by atoms with Gasteiger partial charge in [-0.25, -0.2) is 44.9 Å². The lowest BCUT2D eigenvalue weighted by Gasteiger charge is -2.14. The fraction of sp³-hybridized carbons (Fsp3) is 0.0221. The van der Waals surface area contributed by atoms with Gasteiger partial charge in [-0.1, -0.05) is 425 Å². The van der Waals surface area contributed by atoms with Crippen molar-refractivity contribution in [2.24, 2.45) is 0 Å². The van der Waals surface area contributed by atoms with E-state index in [0.717, 1.165) is 131 Å². The van der Waals surface area contributed by atoms with Crippen LogP contribution >= 0.6 is 0 Å². The number of hydrogen-bond donors (Lipinski definition) is 0. The smallest absolute Gasteiger partial charge is 0.164 e. The average molecular weight is 1880 g/mol. The molecule has 0 amide bonds. The molecule has 11 heteroatoms. The maximum Gasteiger partial charge on any atom is 0.164 e. The normalized spacial score (nSPS) is 11.6. The van der Waals surface area contributed by atoms with E-state index in [4.69, 9.17) is 49.8 Å². The fourth-order valence-corrected chi connectivity index (χ4v) is 20.8. The van der Waals surface area contributed by atoms with E-state index in [0.29, 0.717) is 52.4 Å². The van der Waals surface area contributed by atoms with Gasteiger partial charge in [0.15, 0.2) is 52.4 Å². The van der Waals surface area contributed by atoms with Crippen molar-refractivity contribution >= 4 is 0 Å². The molecule has 147 heavy (non-hydrogen) atoms. The highest BCUT2D eigenvalue weighted by Crippen LogP contribution is 2.51. The Bertz CT molecular complexity index is 8460. The summed E-state index contributed by atoms with van der Waals surface area (Å²) in [4.78, 5) is 54.4. The van der Waals surface area contributed by atoms with Crippen LogP contribution in [0.5, 0.6) is 0 Å². The Hall–Kier alpha value is -19.5. The summed E-state index contributed by atoms with van der Waals surface area (Å²) < 4.78 is 0. The standard InChI is InChI=1S/C46H31N3.2C45H30N4/c1-4-13-31(14-5-1)37-27-38(32-23-25-33(26-24-32)40-21-12-22-42-41-20-11-10-19-36(41)30-43(40)42)29-39(28-37)46-48-44(34-15-6-2-7-16-34)47-45(49-46)35-17-8-3-9-18-35;1-4-13-30(14-5-1)34-25-35(38-21-11-23-40-39-22-10-20-37(41(39)28-42(38)40)33-19-12-24-46-29-33)27-36(26-34)45-48-43(31-15-6-2-7-16-31)47-44(49-45)32-17-8-3-9-18-32;1-4-14-30(15-5-1)36-20-12-22-38-39-23-13-21-37(41(39)29-40(36)38)33-26-34(42-24-10-11-25-46-42)28-35(27-33)45-48-43(31-16-6-2-7-17-31)47-44(49-45)32-18-8-3-9-19-32/h1-29H,30H2;1-27,29H,28H2;1-28H,29H2. The molecule has 3 aliphatic carbocycles. The Morgan fingerprint density at radius 2 is 0.361 bits per heavy atom. The first-order valence-electron chi connectivity index (χ1n) is 49.7. The number of hydrogen-bond acceptors (Lipinski definition) is 11. The molecule has 0 spiro atoms. The van der Waals surface area contributed by atoms with Gasteiger partial charge in [-0.3, -0.25) is 9.97 Å². The second kappa shape index (κ2) is 39.9. The average Bonchev–Trinajstić information content (AvgIpc) is 1.61. The van der Waals surface area contributed by atoms with Crippen LogP contribution in [0.1, 0.15) is 33.4 Å². The Labute approximate surface area is 853 Å². The van der Waals surface area contributed by atoms with Gasteiger partial charge >= 0.3 is 0 Å². The summed E-state index contributed by atoms with van der Waals surface area (Å²) in [6.45, 7) is 0. The van der Waals surface area contributed by atoms with Crippen molar-refractivity contribution < 1.29 is 0 Å². The van der Waals surface area contributed by atoms with Crippen molar-refractivity contribution in [2.45, 2.75) is 19.3 Å². The molecule has 0 saturated heterocycles. The Morgan fingerprint density at radius 3 is 0.707 bits per heavy atom. The zero-order valence-corrected chi connectivity index (χ0v) is 80.1. The van der Waals surface area contributed by atoms with E-state index in [2.05, 4.69) is 302 Å². The van der Waals surface area contributed by atoms with Crippen molar-refractivity contribution in [1.29, 1.82) is 0 Å². The molecule has 0 aliphatic heterocycles. The van der Waals surface area contributed by atoms with Gasteiger partial charge in [0, 0.05) is 79.8 Å². The largest absolute Gasteiger partial charge is 0.264 e. The van der Waals surface area contributed by atoms with E-state index in [-0.39, 0.29) is 0 Å². The van der Waals surface area contributed by atoms with Crippen molar-refractivity contribution in [2.75, 3.05) is 0 Å². The lowest BCUT2D eigenvalue weighted by molar-refractivity contribution is 1.07. The lowest BCUT2D eigenvalue weighted by atomic mass is 9.91. The van der Waals surface area contributed by atoms with Crippen LogP contribution in [-0.4, -0.2) is 54.8 Å². The van der Waals surface area contributed by atoms with Crippen LogP contribution in [0.2, 0.25) is 0 Å². The third-order valence-electron chi connectivity index (χ3n) is 27.9. The number of nitrogens with zero attached hydrogens (tertiary/aromatic N) is 11. The highest BCUT2D eigenvalue weighted by atomic mass is 15.1. The SMILES string of the molecule is c1ccc(-c2cc(-c3ccc(-c4cccc5c4Cc4ccccc4-5)cc3)cc(-c3nc(-c4ccccc4)nc(-c4ccccc4)n3)c2)cc1.c1ccc(-c2cc(-c3nc(-c4ccccc4)nc(-c4ccccc4)n3)cc(-c3cccc4c3Cc3c(-c5cccnc5)cccc3-4)c2)cc1.c1ccc(-c2nc(-c3ccccc3)nc(-c3cc(-c4ccccn4)cc(-c4cccc5c4Cc4c(-c6ccccc6)cccc4-5)c3)n2)cc1. The van der Waals surface area contributed by atoms with E-state index < -0.39 is 0 Å². The second-order valence-corrected chi connectivity index (χ2v) is 37.0. The molecule has 0 atom stereocenters. The molecule has 0 fully saturated rings. The summed E-state index contributed by atoms with van der Waals surface area (Å²) in [5.41, 5.74) is 45.2. The minimum Gasteiger partial charge on any atom is -0.264 e. The summed E-state index contributed by atoms with van der Waals surface area (Å²) in [6, 6.07) is 174. The van der Waals surface area contributed by atoms with Crippen molar-refractivity contribution in [1.82, 2.24) is 54.8 Å². The Morgan fingerprint density at radius 1 is 0.129 bits per heavy atom. The van der Waals surface area contributed by atoms with Crippen LogP contribution < -0.4 is 0 Å². The molecule has 5 heterocycles. The Kier molecular flexibility index (Phi) is 24.1.